The molecule has 2 fully saturated rings. The molecule has 2 unspecified atom stereocenters. The summed E-state index contributed by atoms with van der Waals surface area (Å²) in [7, 11) is 2.22. The van der Waals surface area contributed by atoms with E-state index in [1.165, 1.54) is 32.3 Å². The number of halogens is 1. The zero-order valence-electron chi connectivity index (χ0n) is 11.3. The molecule has 3 heterocycles. The van der Waals surface area contributed by atoms with Gasteiger partial charge >= 0.3 is 0 Å². The zero-order chi connectivity index (χ0) is 13.9. The number of likely N-dealkylation sites (tertiary alicyclic amines) is 1. The lowest BCUT2D eigenvalue weighted by Gasteiger charge is -2.15. The minimum absolute atomic E-state index is 0.457. The van der Waals surface area contributed by atoms with Gasteiger partial charge in [-0.2, -0.15) is 5.10 Å². The molecule has 1 saturated heterocycles. The zero-order valence-corrected chi connectivity index (χ0v) is 13.5. The second-order valence-electron chi connectivity index (χ2n) is 6.06. The van der Waals surface area contributed by atoms with Gasteiger partial charge < -0.3 is 10.6 Å². The average molecular weight is 384 g/mol. The van der Waals surface area contributed by atoms with Crippen molar-refractivity contribution in [2.45, 2.75) is 18.9 Å². The van der Waals surface area contributed by atoms with Crippen LogP contribution in [-0.4, -0.2) is 44.8 Å². The van der Waals surface area contributed by atoms with E-state index >= 15 is 0 Å². The SMILES string of the molecule is CN1CC2CC(n3nc(I)c4c(N)ncnc43)CC2C1. The van der Waals surface area contributed by atoms with Crippen molar-refractivity contribution in [3.05, 3.63) is 10.0 Å². The first-order valence-corrected chi connectivity index (χ1v) is 8.04. The van der Waals surface area contributed by atoms with Crippen LogP contribution in [-0.2, 0) is 0 Å². The molecule has 0 bridgehead atoms. The largest absolute Gasteiger partial charge is 0.383 e. The van der Waals surface area contributed by atoms with Gasteiger partial charge in [-0.3, -0.25) is 0 Å². The van der Waals surface area contributed by atoms with Crippen molar-refractivity contribution in [3.8, 4) is 0 Å². The van der Waals surface area contributed by atoms with E-state index in [9.17, 15) is 0 Å². The van der Waals surface area contributed by atoms with Crippen LogP contribution in [0, 0.1) is 15.5 Å². The molecule has 7 heteroatoms. The Hall–Kier alpha value is -0.960. The summed E-state index contributed by atoms with van der Waals surface area (Å²) in [5.74, 6) is 2.14. The Bertz CT molecular complexity index is 654. The van der Waals surface area contributed by atoms with E-state index in [1.54, 1.807) is 0 Å². The maximum absolute atomic E-state index is 5.96. The first-order chi connectivity index (χ1) is 9.63. The highest BCUT2D eigenvalue weighted by Crippen LogP contribution is 2.44. The van der Waals surface area contributed by atoms with Crippen molar-refractivity contribution in [3.63, 3.8) is 0 Å². The van der Waals surface area contributed by atoms with Crippen LogP contribution in [0.3, 0.4) is 0 Å². The predicted molar refractivity (Wildman–Crippen MR) is 85.2 cm³/mol. The smallest absolute Gasteiger partial charge is 0.164 e. The fraction of sp³-hybridized carbons (Fsp3) is 0.615. The molecule has 1 aliphatic carbocycles. The molecule has 2 aromatic rings. The molecule has 106 valence electrons. The molecular weight excluding hydrogens is 367 g/mol. The van der Waals surface area contributed by atoms with Gasteiger partial charge in [0.15, 0.2) is 5.65 Å². The molecule has 20 heavy (non-hydrogen) atoms. The summed E-state index contributed by atoms with van der Waals surface area (Å²) >= 11 is 2.23. The summed E-state index contributed by atoms with van der Waals surface area (Å²) in [5.41, 5.74) is 6.85. The number of fused-ring (bicyclic) bond motifs is 2. The Morgan fingerprint density at radius 2 is 1.95 bits per heavy atom. The second kappa shape index (κ2) is 4.52. The van der Waals surface area contributed by atoms with E-state index in [-0.39, 0.29) is 0 Å². The summed E-state index contributed by atoms with van der Waals surface area (Å²) in [5, 5.41) is 5.59. The van der Waals surface area contributed by atoms with Crippen molar-refractivity contribution >= 4 is 39.4 Å². The highest BCUT2D eigenvalue weighted by molar-refractivity contribution is 14.1. The van der Waals surface area contributed by atoms with Crippen LogP contribution in [0.5, 0.6) is 0 Å². The molecule has 1 saturated carbocycles. The molecule has 2 aromatic heterocycles. The van der Waals surface area contributed by atoms with Gasteiger partial charge in [0.05, 0.1) is 11.4 Å². The maximum Gasteiger partial charge on any atom is 0.164 e. The van der Waals surface area contributed by atoms with Crippen LogP contribution in [0.1, 0.15) is 18.9 Å². The normalized spacial score (nSPS) is 30.2. The highest BCUT2D eigenvalue weighted by atomic mass is 127. The van der Waals surface area contributed by atoms with Gasteiger partial charge in [0, 0.05) is 13.1 Å². The number of hydrogen-bond donors (Lipinski definition) is 1. The summed E-state index contributed by atoms with van der Waals surface area (Å²) in [6.45, 7) is 2.43. The van der Waals surface area contributed by atoms with E-state index in [0.29, 0.717) is 11.9 Å². The fourth-order valence-electron chi connectivity index (χ4n) is 3.91. The third kappa shape index (κ3) is 1.82. The number of nitrogens with two attached hydrogens (primary N) is 1. The van der Waals surface area contributed by atoms with Crippen LogP contribution >= 0.6 is 22.6 Å². The van der Waals surface area contributed by atoms with Crippen LogP contribution in [0.25, 0.3) is 11.0 Å². The summed E-state index contributed by atoms with van der Waals surface area (Å²) in [6, 6.07) is 0.457. The van der Waals surface area contributed by atoms with E-state index in [0.717, 1.165) is 26.6 Å². The molecule has 2 aliphatic rings. The van der Waals surface area contributed by atoms with Crippen LogP contribution in [0.2, 0.25) is 0 Å². The van der Waals surface area contributed by atoms with Gasteiger partial charge in [-0.1, -0.05) is 0 Å². The lowest BCUT2D eigenvalue weighted by Crippen LogP contribution is -2.18. The molecule has 4 rings (SSSR count). The molecule has 2 atom stereocenters. The van der Waals surface area contributed by atoms with Gasteiger partial charge in [-0.25, -0.2) is 14.6 Å². The van der Waals surface area contributed by atoms with E-state index < -0.39 is 0 Å². The Balaban J connectivity index is 1.72. The Morgan fingerprint density at radius 1 is 1.25 bits per heavy atom. The third-order valence-electron chi connectivity index (χ3n) is 4.73. The summed E-state index contributed by atoms with van der Waals surface area (Å²) < 4.78 is 3.00. The first-order valence-electron chi connectivity index (χ1n) is 6.96. The molecule has 0 amide bonds. The van der Waals surface area contributed by atoms with E-state index in [2.05, 4.69) is 54.3 Å². The van der Waals surface area contributed by atoms with E-state index in [4.69, 9.17) is 5.73 Å². The topological polar surface area (TPSA) is 72.9 Å². The molecule has 2 N–H and O–H groups in total. The molecule has 6 nitrogen and oxygen atoms in total. The van der Waals surface area contributed by atoms with Crippen LogP contribution < -0.4 is 5.73 Å². The van der Waals surface area contributed by atoms with Crippen LogP contribution in [0.15, 0.2) is 6.33 Å². The number of nitrogen functional groups attached to an aromatic ring is 1. The quantitative estimate of drug-likeness (QED) is 0.755. The third-order valence-corrected chi connectivity index (χ3v) is 5.49. The minimum atomic E-state index is 0.457. The highest BCUT2D eigenvalue weighted by Gasteiger charge is 2.41. The molecule has 0 aromatic carbocycles. The number of hydrogen-bond acceptors (Lipinski definition) is 5. The maximum atomic E-state index is 5.96. The predicted octanol–water partition coefficient (Wildman–Crippen LogP) is 1.53. The van der Waals surface area contributed by atoms with E-state index in [1.807, 2.05) is 0 Å². The Morgan fingerprint density at radius 3 is 2.65 bits per heavy atom. The van der Waals surface area contributed by atoms with Crippen LogP contribution in [0.4, 0.5) is 5.82 Å². The monoisotopic (exact) mass is 384 g/mol. The number of aromatic nitrogens is 4. The molecule has 0 radical (unpaired) electrons. The lowest BCUT2D eigenvalue weighted by molar-refractivity contribution is 0.345. The van der Waals surface area contributed by atoms with Crippen molar-refractivity contribution in [1.29, 1.82) is 0 Å². The number of nitrogens with zero attached hydrogens (tertiary/aromatic N) is 5. The standard InChI is InChI=1S/C13H17IN6/c1-19-4-7-2-9(3-8(7)5-19)20-13-10(11(14)18-20)12(15)16-6-17-13/h6-9H,2-5H2,1H3,(H2,15,16,17). The number of anilines is 1. The minimum Gasteiger partial charge on any atom is -0.383 e. The van der Waals surface area contributed by atoms with Crippen molar-refractivity contribution in [1.82, 2.24) is 24.6 Å². The molecule has 0 spiro atoms. The van der Waals surface area contributed by atoms with Gasteiger partial charge in [-0.15, -0.1) is 0 Å². The van der Waals surface area contributed by atoms with Crippen molar-refractivity contribution in [2.75, 3.05) is 25.9 Å². The Kier molecular flexibility index (Phi) is 2.88. The lowest BCUT2D eigenvalue weighted by atomic mass is 10.0. The second-order valence-corrected chi connectivity index (χ2v) is 7.08. The average Bonchev–Trinajstić information content (AvgIpc) is 3.01. The van der Waals surface area contributed by atoms with Gasteiger partial charge in [-0.05, 0) is 54.3 Å². The first kappa shape index (κ1) is 12.8. The van der Waals surface area contributed by atoms with Crippen molar-refractivity contribution < 1.29 is 0 Å². The van der Waals surface area contributed by atoms with Gasteiger partial charge in [0.25, 0.3) is 0 Å². The number of rotatable bonds is 1. The Labute approximate surface area is 130 Å². The summed E-state index contributed by atoms with van der Waals surface area (Å²) in [4.78, 5) is 10.9. The summed E-state index contributed by atoms with van der Waals surface area (Å²) in [6.07, 6.45) is 3.94. The van der Waals surface area contributed by atoms with Gasteiger partial charge in [0.2, 0.25) is 0 Å². The fourth-order valence-corrected chi connectivity index (χ4v) is 4.66. The molecule has 1 aliphatic heterocycles. The van der Waals surface area contributed by atoms with Gasteiger partial charge in [0.1, 0.15) is 15.8 Å². The molecular formula is C13H17IN6. The van der Waals surface area contributed by atoms with Crippen molar-refractivity contribution in [2.24, 2.45) is 11.8 Å².